The summed E-state index contributed by atoms with van der Waals surface area (Å²) in [6, 6.07) is 7.27. The van der Waals surface area contributed by atoms with Crippen LogP contribution in [0.1, 0.15) is 46.0 Å². The Morgan fingerprint density at radius 2 is 1.96 bits per heavy atom. The van der Waals surface area contributed by atoms with Crippen LogP contribution < -0.4 is 10.1 Å². The second kappa shape index (κ2) is 8.71. The molecule has 0 radical (unpaired) electrons. The van der Waals surface area contributed by atoms with Gasteiger partial charge in [-0.3, -0.25) is 9.59 Å². The van der Waals surface area contributed by atoms with E-state index in [4.69, 9.17) is 4.74 Å². The molecule has 5 nitrogen and oxygen atoms in total. The summed E-state index contributed by atoms with van der Waals surface area (Å²) in [4.78, 5) is 23.8. The SMILES string of the molecule is CC(C)CCOc1cccc(NC(=O)C2CCCCC2C(=O)O)c1. The Labute approximate surface area is 143 Å². The molecule has 2 rings (SSSR count). The predicted molar refractivity (Wildman–Crippen MR) is 93.1 cm³/mol. The average Bonchev–Trinajstić information content (AvgIpc) is 2.55. The summed E-state index contributed by atoms with van der Waals surface area (Å²) in [5.41, 5.74) is 0.650. The standard InChI is InChI=1S/C19H27NO4/c1-13(2)10-11-24-15-7-5-6-14(12-15)20-18(21)16-8-3-4-9-17(16)19(22)23/h5-7,12-13,16-17H,3-4,8-11H2,1-2H3,(H,20,21)(H,22,23). The van der Waals surface area contributed by atoms with Gasteiger partial charge in [0.05, 0.1) is 18.4 Å². The Morgan fingerprint density at radius 3 is 2.62 bits per heavy atom. The highest BCUT2D eigenvalue weighted by molar-refractivity contribution is 5.95. The summed E-state index contributed by atoms with van der Waals surface area (Å²) in [6.07, 6.45) is 3.96. The van der Waals surface area contributed by atoms with Crippen LogP contribution in [0.3, 0.4) is 0 Å². The van der Waals surface area contributed by atoms with Gasteiger partial charge in [-0.2, -0.15) is 0 Å². The minimum Gasteiger partial charge on any atom is -0.494 e. The highest BCUT2D eigenvalue weighted by Gasteiger charge is 2.35. The van der Waals surface area contributed by atoms with Gasteiger partial charge in [-0.1, -0.05) is 32.8 Å². The van der Waals surface area contributed by atoms with Crippen LogP contribution in [0.2, 0.25) is 0 Å². The minimum absolute atomic E-state index is 0.207. The van der Waals surface area contributed by atoms with Crippen LogP contribution in [-0.2, 0) is 9.59 Å². The summed E-state index contributed by atoms with van der Waals surface area (Å²) >= 11 is 0. The summed E-state index contributed by atoms with van der Waals surface area (Å²) in [6.45, 7) is 4.92. The van der Waals surface area contributed by atoms with Crippen molar-refractivity contribution in [2.45, 2.75) is 46.0 Å². The molecule has 1 aliphatic carbocycles. The van der Waals surface area contributed by atoms with E-state index in [0.29, 0.717) is 36.8 Å². The van der Waals surface area contributed by atoms with Crippen molar-refractivity contribution in [2.75, 3.05) is 11.9 Å². The first-order valence-electron chi connectivity index (χ1n) is 8.74. The van der Waals surface area contributed by atoms with E-state index < -0.39 is 17.8 Å². The van der Waals surface area contributed by atoms with E-state index in [9.17, 15) is 14.7 Å². The molecule has 2 unspecified atom stereocenters. The first-order chi connectivity index (χ1) is 11.5. The Bertz CT molecular complexity index is 570. The Morgan fingerprint density at radius 1 is 1.25 bits per heavy atom. The van der Waals surface area contributed by atoms with Gasteiger partial charge in [-0.15, -0.1) is 0 Å². The first kappa shape index (κ1) is 18.3. The second-order valence-electron chi connectivity index (χ2n) is 6.88. The maximum Gasteiger partial charge on any atom is 0.307 e. The van der Waals surface area contributed by atoms with Crippen molar-refractivity contribution in [1.29, 1.82) is 0 Å². The summed E-state index contributed by atoms with van der Waals surface area (Å²) < 4.78 is 5.70. The van der Waals surface area contributed by atoms with E-state index in [-0.39, 0.29) is 5.91 Å². The molecular formula is C19H27NO4. The largest absolute Gasteiger partial charge is 0.494 e. The number of benzene rings is 1. The first-order valence-corrected chi connectivity index (χ1v) is 8.74. The monoisotopic (exact) mass is 333 g/mol. The third-order valence-electron chi connectivity index (χ3n) is 4.49. The third-order valence-corrected chi connectivity index (χ3v) is 4.49. The minimum atomic E-state index is -0.874. The quantitative estimate of drug-likeness (QED) is 0.792. The smallest absolute Gasteiger partial charge is 0.307 e. The van der Waals surface area contributed by atoms with E-state index in [1.54, 1.807) is 12.1 Å². The number of carboxylic acid groups (broad SMARTS) is 1. The van der Waals surface area contributed by atoms with Crippen LogP contribution in [-0.4, -0.2) is 23.6 Å². The number of carbonyl (C=O) groups excluding carboxylic acids is 1. The van der Waals surface area contributed by atoms with Crippen molar-refractivity contribution in [2.24, 2.45) is 17.8 Å². The molecule has 0 saturated heterocycles. The lowest BCUT2D eigenvalue weighted by Gasteiger charge is -2.27. The maximum atomic E-state index is 12.5. The number of carbonyl (C=O) groups is 2. The number of rotatable bonds is 7. The van der Waals surface area contributed by atoms with Crippen molar-refractivity contribution >= 4 is 17.6 Å². The van der Waals surface area contributed by atoms with Gasteiger partial charge in [0, 0.05) is 11.8 Å². The van der Waals surface area contributed by atoms with Crippen molar-refractivity contribution < 1.29 is 19.4 Å². The molecule has 0 spiro atoms. The van der Waals surface area contributed by atoms with E-state index >= 15 is 0 Å². The fraction of sp³-hybridized carbons (Fsp3) is 0.579. The third kappa shape index (κ3) is 5.25. The van der Waals surface area contributed by atoms with E-state index in [1.807, 2.05) is 12.1 Å². The Balaban J connectivity index is 1.96. The molecule has 0 bridgehead atoms. The molecule has 1 aromatic carbocycles. The number of anilines is 1. The molecule has 1 fully saturated rings. The molecule has 0 heterocycles. The zero-order valence-corrected chi connectivity index (χ0v) is 14.5. The highest BCUT2D eigenvalue weighted by atomic mass is 16.5. The van der Waals surface area contributed by atoms with Gasteiger partial charge in [-0.25, -0.2) is 0 Å². The van der Waals surface area contributed by atoms with Crippen molar-refractivity contribution in [3.05, 3.63) is 24.3 Å². The molecule has 1 aromatic rings. The molecular weight excluding hydrogens is 306 g/mol. The zero-order chi connectivity index (χ0) is 17.5. The normalized spacial score (nSPS) is 20.6. The van der Waals surface area contributed by atoms with E-state index in [1.165, 1.54) is 0 Å². The van der Waals surface area contributed by atoms with Crippen molar-refractivity contribution in [1.82, 2.24) is 0 Å². The molecule has 0 aliphatic heterocycles. The molecule has 0 aromatic heterocycles. The highest BCUT2D eigenvalue weighted by Crippen LogP contribution is 2.31. The lowest BCUT2D eigenvalue weighted by Crippen LogP contribution is -2.36. The number of hydrogen-bond acceptors (Lipinski definition) is 3. The van der Waals surface area contributed by atoms with Crippen LogP contribution in [0.5, 0.6) is 5.75 Å². The Hall–Kier alpha value is -2.04. The summed E-state index contributed by atoms with van der Waals surface area (Å²) in [5, 5.41) is 12.2. The molecule has 5 heteroatoms. The molecule has 1 aliphatic rings. The average molecular weight is 333 g/mol. The molecule has 132 valence electrons. The fourth-order valence-corrected chi connectivity index (χ4v) is 3.05. The van der Waals surface area contributed by atoms with Crippen molar-refractivity contribution in [3.8, 4) is 5.75 Å². The van der Waals surface area contributed by atoms with Crippen LogP contribution in [0.25, 0.3) is 0 Å². The van der Waals surface area contributed by atoms with Crippen LogP contribution in [0, 0.1) is 17.8 Å². The molecule has 2 N–H and O–H groups in total. The Kier molecular flexibility index (Phi) is 6.64. The van der Waals surface area contributed by atoms with Crippen molar-refractivity contribution in [3.63, 3.8) is 0 Å². The fourth-order valence-electron chi connectivity index (χ4n) is 3.05. The van der Waals surface area contributed by atoms with Gasteiger partial charge in [0.25, 0.3) is 0 Å². The predicted octanol–water partition coefficient (Wildman–Crippen LogP) is 3.94. The molecule has 1 amide bonds. The summed E-state index contributed by atoms with van der Waals surface area (Å²) in [5.74, 6) is -0.827. The number of aliphatic carboxylic acids is 1. The van der Waals surface area contributed by atoms with Crippen LogP contribution in [0.4, 0.5) is 5.69 Å². The zero-order valence-electron chi connectivity index (χ0n) is 14.5. The van der Waals surface area contributed by atoms with Gasteiger partial charge in [0.15, 0.2) is 0 Å². The van der Waals surface area contributed by atoms with Gasteiger partial charge >= 0.3 is 5.97 Å². The van der Waals surface area contributed by atoms with E-state index in [0.717, 1.165) is 19.3 Å². The number of hydrogen-bond donors (Lipinski definition) is 2. The maximum absolute atomic E-state index is 12.5. The van der Waals surface area contributed by atoms with E-state index in [2.05, 4.69) is 19.2 Å². The van der Waals surface area contributed by atoms with Crippen LogP contribution in [0.15, 0.2) is 24.3 Å². The number of nitrogens with one attached hydrogen (secondary N) is 1. The lowest BCUT2D eigenvalue weighted by molar-refractivity contribution is -0.147. The lowest BCUT2D eigenvalue weighted by atomic mass is 9.78. The number of ether oxygens (including phenoxy) is 1. The molecule has 1 saturated carbocycles. The summed E-state index contributed by atoms with van der Waals surface area (Å²) in [7, 11) is 0. The van der Waals surface area contributed by atoms with Gasteiger partial charge in [-0.05, 0) is 37.3 Å². The van der Waals surface area contributed by atoms with Gasteiger partial charge in [0.1, 0.15) is 5.75 Å². The molecule has 24 heavy (non-hydrogen) atoms. The van der Waals surface area contributed by atoms with Gasteiger partial charge < -0.3 is 15.2 Å². The number of carboxylic acids is 1. The molecule has 2 atom stereocenters. The van der Waals surface area contributed by atoms with Crippen LogP contribution >= 0.6 is 0 Å². The van der Waals surface area contributed by atoms with Gasteiger partial charge in [0.2, 0.25) is 5.91 Å². The topological polar surface area (TPSA) is 75.6 Å². The second-order valence-corrected chi connectivity index (χ2v) is 6.88. The number of amides is 1.